The van der Waals surface area contributed by atoms with Crippen LogP contribution in [0, 0.1) is 23.3 Å². The Morgan fingerprint density at radius 1 is 0.721 bits per heavy atom. The number of hydrogen-bond donors (Lipinski definition) is 1. The highest BCUT2D eigenvalue weighted by Crippen LogP contribution is 2.40. The molecule has 0 spiro atoms. The number of halogens is 4. The van der Waals surface area contributed by atoms with Crippen molar-refractivity contribution >= 4 is 32.9 Å². The maximum atomic E-state index is 14.9. The van der Waals surface area contributed by atoms with Crippen LogP contribution in [0.1, 0.15) is 27.9 Å². The predicted molar refractivity (Wildman–Crippen MR) is 153 cm³/mol. The van der Waals surface area contributed by atoms with E-state index < -0.39 is 50.0 Å². The molecule has 0 atom stereocenters. The molecule has 0 saturated heterocycles. The molecule has 0 heterocycles. The van der Waals surface area contributed by atoms with Crippen molar-refractivity contribution in [1.82, 2.24) is 0 Å². The van der Waals surface area contributed by atoms with Crippen LogP contribution >= 0.6 is 0 Å². The molecule has 0 aliphatic heterocycles. The maximum Gasteiger partial charge on any atom is 0.345 e. The Morgan fingerprint density at radius 3 is 2.02 bits per heavy atom. The second-order valence-electron chi connectivity index (χ2n) is 9.85. The van der Waals surface area contributed by atoms with Gasteiger partial charge in [-0.1, -0.05) is 91.0 Å². The van der Waals surface area contributed by atoms with Crippen LogP contribution < -0.4 is 4.74 Å². The van der Waals surface area contributed by atoms with E-state index in [1.54, 1.807) is 42.5 Å². The van der Waals surface area contributed by atoms with Gasteiger partial charge in [-0.2, -0.15) is 17.2 Å². The molecule has 0 aromatic heterocycles. The van der Waals surface area contributed by atoms with Gasteiger partial charge in [0, 0.05) is 0 Å². The van der Waals surface area contributed by atoms with Crippen molar-refractivity contribution in [1.29, 1.82) is 0 Å². The summed E-state index contributed by atoms with van der Waals surface area (Å²) in [7, 11) is -5.70. The van der Waals surface area contributed by atoms with Crippen LogP contribution in [0.25, 0.3) is 39.1 Å². The minimum absolute atomic E-state index is 0.148. The minimum Gasteiger partial charge on any atom is -0.416 e. The summed E-state index contributed by atoms with van der Waals surface area (Å²) in [6.07, 6.45) is 5.45. The third-order valence-electron chi connectivity index (χ3n) is 7.34. The predicted octanol–water partition coefficient (Wildman–Crippen LogP) is 8.16. The highest BCUT2D eigenvalue weighted by Gasteiger charge is 2.35. The summed E-state index contributed by atoms with van der Waals surface area (Å²) in [5, 5.41) is 1.59. The fourth-order valence-corrected chi connectivity index (χ4v) is 6.07. The molecule has 0 saturated carbocycles. The summed E-state index contributed by atoms with van der Waals surface area (Å²) in [6.45, 7) is 0. The first-order valence-electron chi connectivity index (χ1n) is 13.0. The second-order valence-corrected chi connectivity index (χ2v) is 11.2. The highest BCUT2D eigenvalue weighted by molar-refractivity contribution is 7.85. The molecule has 0 fully saturated rings. The zero-order valence-corrected chi connectivity index (χ0v) is 22.9. The third kappa shape index (κ3) is 4.88. The molecule has 1 aliphatic rings. The zero-order chi connectivity index (χ0) is 30.5. The molecule has 1 aliphatic carbocycles. The number of rotatable bonds is 5. The Labute approximate surface area is 243 Å². The topological polar surface area (TPSA) is 80.7 Å². The number of benzene rings is 5. The normalized spacial score (nSPS) is 12.8. The second kappa shape index (κ2) is 10.8. The molecule has 1 N–H and O–H groups in total. The molecule has 6 rings (SSSR count). The molecule has 5 aromatic carbocycles. The standard InChI is InChI=1S/C33H20F4O5S/c34-27-29(36)32(43(39,40)41)30(37)28(35)31(27)42-33(38)26-24(22-14-5-10-18-8-1-3-12-20(18)22)16-7-17-25(26)23-15-6-11-19-9-2-4-13-21(19)23/h1,3-8,10-17H,2,9H2,(H,39,40,41). The Hall–Kier alpha value is -4.80. The lowest BCUT2D eigenvalue weighted by molar-refractivity contribution is 0.0718. The van der Waals surface area contributed by atoms with Gasteiger partial charge in [0.25, 0.3) is 0 Å². The first kappa shape index (κ1) is 28.3. The summed E-state index contributed by atoms with van der Waals surface area (Å²) < 4.78 is 96.0. The van der Waals surface area contributed by atoms with Gasteiger partial charge in [-0.3, -0.25) is 4.55 Å². The summed E-state index contributed by atoms with van der Waals surface area (Å²) >= 11 is 0. The summed E-state index contributed by atoms with van der Waals surface area (Å²) in [4.78, 5) is 11.7. The first-order valence-corrected chi connectivity index (χ1v) is 14.5. The lowest BCUT2D eigenvalue weighted by Gasteiger charge is -2.20. The maximum absolute atomic E-state index is 14.9. The van der Waals surface area contributed by atoms with Crippen LogP contribution in [-0.2, 0) is 16.5 Å². The van der Waals surface area contributed by atoms with Crippen molar-refractivity contribution < 1.29 is 40.1 Å². The van der Waals surface area contributed by atoms with Gasteiger partial charge in [-0.25, -0.2) is 13.6 Å². The van der Waals surface area contributed by atoms with Gasteiger partial charge in [0.15, 0.2) is 16.5 Å². The van der Waals surface area contributed by atoms with Gasteiger partial charge in [0.05, 0.1) is 5.56 Å². The molecular weight excluding hydrogens is 584 g/mol. The summed E-state index contributed by atoms with van der Waals surface area (Å²) in [6, 6.07) is 23.2. The Morgan fingerprint density at radius 2 is 1.30 bits per heavy atom. The first-order chi connectivity index (χ1) is 20.6. The number of hydrogen-bond acceptors (Lipinski definition) is 4. The van der Waals surface area contributed by atoms with E-state index in [1.807, 2.05) is 48.6 Å². The van der Waals surface area contributed by atoms with Crippen molar-refractivity contribution in [3.8, 4) is 28.0 Å². The molecular formula is C33H20F4O5S. The number of ether oxygens (including phenoxy) is 1. The fraction of sp³-hybridized carbons (Fsp3) is 0.0606. The van der Waals surface area contributed by atoms with E-state index in [2.05, 4.69) is 0 Å². The zero-order valence-electron chi connectivity index (χ0n) is 22.1. The van der Waals surface area contributed by atoms with Crippen LogP contribution in [0.15, 0.2) is 89.8 Å². The van der Waals surface area contributed by atoms with Gasteiger partial charge < -0.3 is 4.74 Å². The van der Waals surface area contributed by atoms with E-state index in [0.717, 1.165) is 34.7 Å². The SMILES string of the molecule is O=C(Oc1c(F)c(F)c(S(=O)(=O)O)c(F)c1F)c1c(-c2cccc3c2C=CCC3)cccc1-c1cccc2ccccc12. The number of carbonyl (C=O) groups excluding carboxylic acids is 1. The van der Waals surface area contributed by atoms with Crippen molar-refractivity contribution in [2.24, 2.45) is 0 Å². The number of allylic oxidation sites excluding steroid dienone is 1. The summed E-state index contributed by atoms with van der Waals surface area (Å²) in [5.41, 5.74) is 3.52. The Kier molecular flexibility index (Phi) is 7.11. The van der Waals surface area contributed by atoms with E-state index in [-0.39, 0.29) is 5.56 Å². The van der Waals surface area contributed by atoms with Gasteiger partial charge in [-0.05, 0) is 57.0 Å². The fourth-order valence-electron chi connectivity index (χ4n) is 5.44. The Balaban J connectivity index is 1.61. The minimum atomic E-state index is -5.70. The van der Waals surface area contributed by atoms with Crippen LogP contribution in [-0.4, -0.2) is 18.9 Å². The van der Waals surface area contributed by atoms with Crippen LogP contribution in [0.4, 0.5) is 17.6 Å². The number of esters is 1. The molecule has 0 amide bonds. The van der Waals surface area contributed by atoms with Crippen molar-refractivity contribution in [3.05, 3.63) is 125 Å². The monoisotopic (exact) mass is 604 g/mol. The van der Waals surface area contributed by atoms with Crippen molar-refractivity contribution in [2.45, 2.75) is 17.7 Å². The molecule has 43 heavy (non-hydrogen) atoms. The number of carbonyl (C=O) groups is 1. The van der Waals surface area contributed by atoms with Gasteiger partial charge in [0.2, 0.25) is 17.4 Å². The van der Waals surface area contributed by atoms with E-state index >= 15 is 0 Å². The highest BCUT2D eigenvalue weighted by atomic mass is 32.2. The molecule has 0 radical (unpaired) electrons. The summed E-state index contributed by atoms with van der Waals surface area (Å²) in [5.74, 6) is -12.6. The van der Waals surface area contributed by atoms with Crippen molar-refractivity contribution in [2.75, 3.05) is 0 Å². The molecule has 216 valence electrons. The van der Waals surface area contributed by atoms with Crippen LogP contribution in [0.2, 0.25) is 0 Å². The molecule has 0 unspecified atom stereocenters. The Bertz CT molecular complexity index is 2070. The molecule has 5 aromatic rings. The van der Waals surface area contributed by atoms with E-state index in [9.17, 15) is 30.8 Å². The van der Waals surface area contributed by atoms with Gasteiger partial charge in [0.1, 0.15) is 0 Å². The molecule has 0 bridgehead atoms. The largest absolute Gasteiger partial charge is 0.416 e. The van der Waals surface area contributed by atoms with Gasteiger partial charge >= 0.3 is 16.1 Å². The third-order valence-corrected chi connectivity index (χ3v) is 8.21. The lowest BCUT2D eigenvalue weighted by Crippen LogP contribution is -2.17. The molecule has 5 nitrogen and oxygen atoms in total. The van der Waals surface area contributed by atoms with E-state index in [1.165, 1.54) is 0 Å². The average Bonchev–Trinajstić information content (AvgIpc) is 3.00. The van der Waals surface area contributed by atoms with Crippen molar-refractivity contribution in [3.63, 3.8) is 0 Å². The lowest BCUT2D eigenvalue weighted by atomic mass is 9.85. The molecule has 10 heteroatoms. The van der Waals surface area contributed by atoms with Crippen LogP contribution in [0.5, 0.6) is 5.75 Å². The average molecular weight is 605 g/mol. The number of aryl methyl sites for hydroxylation is 1. The number of fused-ring (bicyclic) bond motifs is 2. The van der Waals surface area contributed by atoms with E-state index in [4.69, 9.17) is 9.29 Å². The smallest absolute Gasteiger partial charge is 0.345 e. The quantitative estimate of drug-likeness (QED) is 0.0720. The van der Waals surface area contributed by atoms with E-state index in [0.29, 0.717) is 22.3 Å². The van der Waals surface area contributed by atoms with Crippen LogP contribution in [0.3, 0.4) is 0 Å². The van der Waals surface area contributed by atoms with Gasteiger partial charge in [-0.15, -0.1) is 0 Å².